The topological polar surface area (TPSA) is 78.5 Å². The number of carbonyl (C=O) groups is 2. The van der Waals surface area contributed by atoms with E-state index in [1.165, 1.54) is 0 Å². The molecular formula is C12H14NO4-. The average molecular weight is 236 g/mol. The molecule has 0 saturated heterocycles. The summed E-state index contributed by atoms with van der Waals surface area (Å²) in [6, 6.07) is 6.63. The Bertz CT molecular complexity index is 386. The van der Waals surface area contributed by atoms with Crippen LogP contribution in [0.1, 0.15) is 23.7 Å². The van der Waals surface area contributed by atoms with E-state index in [4.69, 9.17) is 4.74 Å². The molecule has 1 amide bonds. The van der Waals surface area contributed by atoms with Crippen molar-refractivity contribution in [1.82, 2.24) is 5.32 Å². The molecule has 0 bridgehead atoms. The summed E-state index contributed by atoms with van der Waals surface area (Å²) in [5.74, 6) is -0.801. The minimum absolute atomic E-state index is 0.0639. The van der Waals surface area contributed by atoms with Crippen LogP contribution in [-0.2, 0) is 4.79 Å². The molecule has 1 N–H and O–H groups in total. The van der Waals surface area contributed by atoms with Crippen molar-refractivity contribution in [2.75, 3.05) is 13.2 Å². The maximum absolute atomic E-state index is 11.5. The van der Waals surface area contributed by atoms with Crippen LogP contribution in [0.5, 0.6) is 5.75 Å². The van der Waals surface area contributed by atoms with Crippen LogP contribution in [0.15, 0.2) is 24.3 Å². The summed E-state index contributed by atoms with van der Waals surface area (Å²) in [5.41, 5.74) is 0.465. The van der Waals surface area contributed by atoms with Gasteiger partial charge in [0.05, 0.1) is 6.61 Å². The van der Waals surface area contributed by atoms with Crippen molar-refractivity contribution in [1.29, 1.82) is 0 Å². The lowest BCUT2D eigenvalue weighted by Gasteiger charge is -2.07. The first-order valence-corrected chi connectivity index (χ1v) is 5.34. The normalized spacial score (nSPS) is 9.71. The predicted octanol–water partition coefficient (Wildman–Crippen LogP) is -0.0449. The number of nitrogens with one attached hydrogen (secondary N) is 1. The van der Waals surface area contributed by atoms with Crippen LogP contribution in [0.2, 0.25) is 0 Å². The minimum Gasteiger partial charge on any atom is -0.550 e. The van der Waals surface area contributed by atoms with Gasteiger partial charge in [-0.05, 0) is 31.2 Å². The van der Waals surface area contributed by atoms with Crippen molar-refractivity contribution in [2.45, 2.75) is 13.3 Å². The summed E-state index contributed by atoms with van der Waals surface area (Å²) < 4.78 is 5.24. The van der Waals surface area contributed by atoms with Crippen LogP contribution in [0.4, 0.5) is 0 Å². The van der Waals surface area contributed by atoms with Gasteiger partial charge in [0.25, 0.3) is 5.91 Å². The highest BCUT2D eigenvalue weighted by atomic mass is 16.5. The van der Waals surface area contributed by atoms with Gasteiger partial charge >= 0.3 is 0 Å². The third kappa shape index (κ3) is 4.55. The molecule has 0 aromatic heterocycles. The quantitative estimate of drug-likeness (QED) is 0.751. The van der Waals surface area contributed by atoms with Crippen molar-refractivity contribution >= 4 is 11.9 Å². The Morgan fingerprint density at radius 1 is 1.29 bits per heavy atom. The van der Waals surface area contributed by atoms with Crippen LogP contribution in [0.3, 0.4) is 0 Å². The highest BCUT2D eigenvalue weighted by molar-refractivity contribution is 5.94. The maximum Gasteiger partial charge on any atom is 0.251 e. The monoisotopic (exact) mass is 236 g/mol. The van der Waals surface area contributed by atoms with E-state index in [9.17, 15) is 14.7 Å². The molecule has 0 radical (unpaired) electrons. The molecule has 0 fully saturated rings. The van der Waals surface area contributed by atoms with E-state index in [2.05, 4.69) is 5.32 Å². The number of benzene rings is 1. The number of rotatable bonds is 6. The van der Waals surface area contributed by atoms with Crippen molar-refractivity contribution in [2.24, 2.45) is 0 Å². The number of hydrogen-bond acceptors (Lipinski definition) is 4. The molecule has 0 heterocycles. The molecule has 1 rings (SSSR count). The smallest absolute Gasteiger partial charge is 0.251 e. The lowest BCUT2D eigenvalue weighted by Crippen LogP contribution is -2.30. The van der Waals surface area contributed by atoms with Crippen LogP contribution in [0, 0.1) is 0 Å². The molecule has 0 atom stereocenters. The Hall–Kier alpha value is -2.04. The summed E-state index contributed by atoms with van der Waals surface area (Å²) in [7, 11) is 0. The van der Waals surface area contributed by atoms with Gasteiger partial charge in [0.1, 0.15) is 5.75 Å². The summed E-state index contributed by atoms with van der Waals surface area (Å²) in [6.45, 7) is 2.51. The Balaban J connectivity index is 2.48. The van der Waals surface area contributed by atoms with Gasteiger partial charge in [0, 0.05) is 24.5 Å². The van der Waals surface area contributed by atoms with Crippen molar-refractivity contribution in [3.05, 3.63) is 29.8 Å². The van der Waals surface area contributed by atoms with Crippen molar-refractivity contribution in [3.63, 3.8) is 0 Å². The highest BCUT2D eigenvalue weighted by Gasteiger charge is 2.04. The molecule has 0 aliphatic heterocycles. The zero-order valence-electron chi connectivity index (χ0n) is 9.56. The van der Waals surface area contributed by atoms with Crippen LogP contribution >= 0.6 is 0 Å². The Kier molecular flexibility index (Phi) is 5.00. The second kappa shape index (κ2) is 6.52. The zero-order chi connectivity index (χ0) is 12.7. The molecular weight excluding hydrogens is 222 g/mol. The fraction of sp³-hybridized carbons (Fsp3) is 0.333. The number of ether oxygens (including phenoxy) is 1. The van der Waals surface area contributed by atoms with Gasteiger partial charge in [-0.3, -0.25) is 4.79 Å². The first-order chi connectivity index (χ1) is 8.13. The second-order valence-corrected chi connectivity index (χ2v) is 3.34. The lowest BCUT2D eigenvalue weighted by atomic mass is 10.2. The van der Waals surface area contributed by atoms with E-state index in [1.54, 1.807) is 24.3 Å². The van der Waals surface area contributed by atoms with E-state index in [-0.39, 0.29) is 18.9 Å². The number of amides is 1. The SMILES string of the molecule is CCOc1ccc(C(=O)NCCC(=O)[O-])cc1. The predicted molar refractivity (Wildman–Crippen MR) is 59.6 cm³/mol. The fourth-order valence-corrected chi connectivity index (χ4v) is 1.25. The van der Waals surface area contributed by atoms with Gasteiger partial charge in [0.15, 0.2) is 0 Å². The first-order valence-electron chi connectivity index (χ1n) is 5.34. The molecule has 0 aliphatic carbocycles. The van der Waals surface area contributed by atoms with Crippen molar-refractivity contribution < 1.29 is 19.4 Å². The summed E-state index contributed by atoms with van der Waals surface area (Å²) >= 11 is 0. The van der Waals surface area contributed by atoms with E-state index in [1.807, 2.05) is 6.92 Å². The standard InChI is InChI=1S/C12H15NO4/c1-2-17-10-5-3-9(4-6-10)12(16)13-8-7-11(14)15/h3-6H,2,7-8H2,1H3,(H,13,16)(H,14,15)/p-1. The summed E-state index contributed by atoms with van der Waals surface area (Å²) in [6.07, 6.45) is -0.192. The largest absolute Gasteiger partial charge is 0.550 e. The maximum atomic E-state index is 11.5. The molecule has 0 spiro atoms. The molecule has 17 heavy (non-hydrogen) atoms. The molecule has 92 valence electrons. The third-order valence-corrected chi connectivity index (χ3v) is 2.04. The van der Waals surface area contributed by atoms with Crippen LogP contribution in [-0.4, -0.2) is 25.0 Å². The summed E-state index contributed by atoms with van der Waals surface area (Å²) in [4.78, 5) is 21.7. The molecule has 5 nitrogen and oxygen atoms in total. The molecule has 5 heteroatoms. The lowest BCUT2D eigenvalue weighted by molar-refractivity contribution is -0.305. The van der Waals surface area contributed by atoms with Crippen molar-refractivity contribution in [3.8, 4) is 5.75 Å². The minimum atomic E-state index is -1.18. The number of carbonyl (C=O) groups excluding carboxylic acids is 2. The highest BCUT2D eigenvalue weighted by Crippen LogP contribution is 2.11. The fourth-order valence-electron chi connectivity index (χ4n) is 1.25. The summed E-state index contributed by atoms with van der Waals surface area (Å²) in [5, 5.41) is 12.6. The van der Waals surface area contributed by atoms with E-state index in [0.717, 1.165) is 0 Å². The van der Waals surface area contributed by atoms with E-state index >= 15 is 0 Å². The number of hydrogen-bond donors (Lipinski definition) is 1. The Labute approximate surface area is 99.4 Å². The van der Waals surface area contributed by atoms with E-state index in [0.29, 0.717) is 17.9 Å². The van der Waals surface area contributed by atoms with Gasteiger partial charge in [-0.2, -0.15) is 0 Å². The van der Waals surface area contributed by atoms with Gasteiger partial charge in [-0.25, -0.2) is 0 Å². The second-order valence-electron chi connectivity index (χ2n) is 3.34. The van der Waals surface area contributed by atoms with Gasteiger partial charge in [-0.15, -0.1) is 0 Å². The number of carboxylic acid groups (broad SMARTS) is 1. The van der Waals surface area contributed by atoms with Crippen LogP contribution < -0.4 is 15.2 Å². The van der Waals surface area contributed by atoms with E-state index < -0.39 is 5.97 Å². The Morgan fingerprint density at radius 3 is 2.47 bits per heavy atom. The molecule has 0 unspecified atom stereocenters. The molecule has 0 saturated carbocycles. The van der Waals surface area contributed by atoms with Gasteiger partial charge in [0.2, 0.25) is 0 Å². The molecule has 1 aromatic carbocycles. The third-order valence-electron chi connectivity index (χ3n) is 2.04. The molecule has 1 aromatic rings. The van der Waals surface area contributed by atoms with Gasteiger partial charge in [-0.1, -0.05) is 0 Å². The zero-order valence-corrected chi connectivity index (χ0v) is 9.56. The average Bonchev–Trinajstić information content (AvgIpc) is 2.30. The Morgan fingerprint density at radius 2 is 1.94 bits per heavy atom. The van der Waals surface area contributed by atoms with Gasteiger partial charge < -0.3 is 20.0 Å². The van der Waals surface area contributed by atoms with Crippen LogP contribution in [0.25, 0.3) is 0 Å². The number of aliphatic carboxylic acids is 1. The number of carboxylic acids is 1. The first kappa shape index (κ1) is 13.0. The molecule has 0 aliphatic rings.